The summed E-state index contributed by atoms with van der Waals surface area (Å²) in [6.45, 7) is 2.03. The quantitative estimate of drug-likeness (QED) is 0.359. The number of aromatic nitrogens is 2. The number of hydrogen-bond acceptors (Lipinski definition) is 9. The number of sulfonamides is 1. The van der Waals surface area contributed by atoms with Crippen LogP contribution in [0, 0.1) is 17.0 Å². The summed E-state index contributed by atoms with van der Waals surface area (Å²) in [6, 6.07) is 11.8. The van der Waals surface area contributed by atoms with Crippen LogP contribution in [0.4, 0.5) is 5.69 Å². The average Bonchev–Trinajstić information content (AvgIpc) is 3.29. The second-order valence-electron chi connectivity index (χ2n) is 7.49. The minimum Gasteiger partial charge on any atom is -0.484 e. The van der Waals surface area contributed by atoms with Gasteiger partial charge in [0.15, 0.2) is 6.61 Å². The van der Waals surface area contributed by atoms with Crippen LogP contribution in [0.15, 0.2) is 57.9 Å². The number of benzene rings is 2. The SMILES string of the molecule is Cc1nc(-c2ccc(OCC(=O)N3CCN(S(=O)(=O)c4cccc([N+](=O)[O-])c4)CC3)cc2)no1. The minimum absolute atomic E-state index is 0.0789. The van der Waals surface area contributed by atoms with Crippen molar-refractivity contribution in [3.63, 3.8) is 0 Å². The number of nitro benzene ring substituents is 1. The van der Waals surface area contributed by atoms with Gasteiger partial charge in [-0.15, -0.1) is 0 Å². The Bertz CT molecular complexity index is 1300. The maximum Gasteiger partial charge on any atom is 0.270 e. The summed E-state index contributed by atoms with van der Waals surface area (Å²) < 4.78 is 37.4. The van der Waals surface area contributed by atoms with Gasteiger partial charge in [0.2, 0.25) is 21.7 Å². The van der Waals surface area contributed by atoms with Gasteiger partial charge in [-0.05, 0) is 30.3 Å². The molecule has 0 N–H and O–H groups in total. The monoisotopic (exact) mass is 487 g/mol. The molecule has 0 spiro atoms. The van der Waals surface area contributed by atoms with Crippen LogP contribution in [0.25, 0.3) is 11.4 Å². The van der Waals surface area contributed by atoms with Crippen LogP contribution in [0.2, 0.25) is 0 Å². The van der Waals surface area contributed by atoms with Gasteiger partial charge < -0.3 is 14.2 Å². The Morgan fingerprint density at radius 1 is 1.15 bits per heavy atom. The first-order chi connectivity index (χ1) is 16.2. The van der Waals surface area contributed by atoms with Crippen molar-refractivity contribution in [3.05, 3.63) is 64.5 Å². The summed E-state index contributed by atoms with van der Waals surface area (Å²) in [4.78, 5) is 28.4. The summed E-state index contributed by atoms with van der Waals surface area (Å²) in [7, 11) is -3.91. The summed E-state index contributed by atoms with van der Waals surface area (Å²) in [6.07, 6.45) is 0. The second kappa shape index (κ2) is 9.57. The Kier molecular flexibility index (Phi) is 6.56. The number of ether oxygens (including phenoxy) is 1. The van der Waals surface area contributed by atoms with E-state index in [4.69, 9.17) is 9.26 Å². The van der Waals surface area contributed by atoms with E-state index in [2.05, 4.69) is 10.1 Å². The molecule has 1 amide bonds. The molecular weight excluding hydrogens is 466 g/mol. The van der Waals surface area contributed by atoms with Crippen LogP contribution in [-0.4, -0.2) is 71.4 Å². The Labute approximate surface area is 194 Å². The Balaban J connectivity index is 1.30. The van der Waals surface area contributed by atoms with Crippen LogP contribution >= 0.6 is 0 Å². The lowest BCUT2D eigenvalue weighted by atomic mass is 10.2. The molecule has 3 aromatic rings. The average molecular weight is 487 g/mol. The molecule has 0 radical (unpaired) electrons. The number of nitrogens with zero attached hydrogens (tertiary/aromatic N) is 5. The largest absolute Gasteiger partial charge is 0.484 e. The first-order valence-corrected chi connectivity index (χ1v) is 11.7. The topological polar surface area (TPSA) is 149 Å². The first kappa shape index (κ1) is 23.3. The van der Waals surface area contributed by atoms with Gasteiger partial charge in [-0.2, -0.15) is 9.29 Å². The summed E-state index contributed by atoms with van der Waals surface area (Å²) >= 11 is 0. The van der Waals surface area contributed by atoms with Gasteiger partial charge in [0.05, 0.1) is 9.82 Å². The zero-order valence-corrected chi connectivity index (χ0v) is 19.0. The Hall–Kier alpha value is -3.84. The number of nitro groups is 1. The molecule has 2 aromatic carbocycles. The molecule has 4 rings (SSSR count). The van der Waals surface area contributed by atoms with E-state index in [1.165, 1.54) is 27.4 Å². The van der Waals surface area contributed by atoms with Crippen molar-refractivity contribution in [2.24, 2.45) is 0 Å². The number of rotatable bonds is 7. The molecule has 12 nitrogen and oxygen atoms in total. The van der Waals surface area contributed by atoms with Crippen LogP contribution in [0.3, 0.4) is 0 Å². The third kappa shape index (κ3) is 5.05. The van der Waals surface area contributed by atoms with Gasteiger partial charge in [-0.25, -0.2) is 8.42 Å². The van der Waals surface area contributed by atoms with E-state index in [0.29, 0.717) is 17.5 Å². The molecule has 1 saturated heterocycles. The number of hydrogen-bond donors (Lipinski definition) is 0. The van der Waals surface area contributed by atoms with Crippen molar-refractivity contribution in [2.45, 2.75) is 11.8 Å². The lowest BCUT2D eigenvalue weighted by molar-refractivity contribution is -0.385. The van der Waals surface area contributed by atoms with E-state index in [9.17, 15) is 23.3 Å². The molecule has 13 heteroatoms. The molecule has 2 heterocycles. The highest BCUT2D eigenvalue weighted by Crippen LogP contribution is 2.23. The van der Waals surface area contributed by atoms with Gasteiger partial charge in [0.25, 0.3) is 11.6 Å². The third-order valence-corrected chi connectivity index (χ3v) is 7.15. The third-order valence-electron chi connectivity index (χ3n) is 5.26. The van der Waals surface area contributed by atoms with Crippen LogP contribution < -0.4 is 4.74 Å². The molecule has 0 aliphatic carbocycles. The molecule has 178 valence electrons. The Morgan fingerprint density at radius 3 is 2.47 bits per heavy atom. The predicted molar refractivity (Wildman–Crippen MR) is 118 cm³/mol. The molecule has 0 bridgehead atoms. The van der Waals surface area contributed by atoms with Crippen molar-refractivity contribution >= 4 is 21.6 Å². The minimum atomic E-state index is -3.91. The number of piperazine rings is 1. The van der Waals surface area contributed by atoms with Crippen molar-refractivity contribution < 1.29 is 27.4 Å². The maximum absolute atomic E-state index is 12.8. The van der Waals surface area contributed by atoms with Crippen LogP contribution in [-0.2, 0) is 14.8 Å². The fraction of sp³-hybridized carbons (Fsp3) is 0.286. The maximum atomic E-state index is 12.8. The van der Waals surface area contributed by atoms with Gasteiger partial charge in [-0.3, -0.25) is 14.9 Å². The van der Waals surface area contributed by atoms with Crippen molar-refractivity contribution in [1.82, 2.24) is 19.3 Å². The Morgan fingerprint density at radius 2 is 1.85 bits per heavy atom. The van der Waals surface area contributed by atoms with Gasteiger partial charge >= 0.3 is 0 Å². The van der Waals surface area contributed by atoms with Gasteiger partial charge in [0.1, 0.15) is 5.75 Å². The summed E-state index contributed by atoms with van der Waals surface area (Å²) in [5, 5.41) is 14.8. The standard InChI is InChI=1S/C21H21N5O7S/c1-15-22-21(23-33-15)16-5-7-18(8-6-16)32-14-20(27)24-9-11-25(12-10-24)34(30,31)19-4-2-3-17(13-19)26(28)29/h2-8,13H,9-12,14H2,1H3. The fourth-order valence-corrected chi connectivity index (χ4v) is 4.90. The van der Waals surface area contributed by atoms with E-state index in [0.717, 1.165) is 11.6 Å². The predicted octanol–water partition coefficient (Wildman–Crippen LogP) is 1.87. The second-order valence-corrected chi connectivity index (χ2v) is 9.43. The zero-order valence-electron chi connectivity index (χ0n) is 18.2. The number of amides is 1. The molecular formula is C21H21N5O7S. The summed E-state index contributed by atoms with van der Waals surface area (Å²) in [5.41, 5.74) is 0.448. The first-order valence-electron chi connectivity index (χ1n) is 10.3. The van der Waals surface area contributed by atoms with E-state index in [1.807, 2.05) is 0 Å². The van der Waals surface area contributed by atoms with Gasteiger partial charge in [-0.1, -0.05) is 11.2 Å². The molecule has 1 aromatic heterocycles. The number of aryl methyl sites for hydroxylation is 1. The highest BCUT2D eigenvalue weighted by atomic mass is 32.2. The number of non-ortho nitro benzene ring substituents is 1. The van der Waals surface area contributed by atoms with Crippen molar-refractivity contribution in [3.8, 4) is 17.1 Å². The highest BCUT2D eigenvalue weighted by Gasteiger charge is 2.31. The van der Waals surface area contributed by atoms with E-state index >= 15 is 0 Å². The van der Waals surface area contributed by atoms with Crippen LogP contribution in [0.1, 0.15) is 5.89 Å². The van der Waals surface area contributed by atoms with E-state index in [1.54, 1.807) is 31.2 Å². The van der Waals surface area contributed by atoms with Crippen molar-refractivity contribution in [1.29, 1.82) is 0 Å². The van der Waals surface area contributed by atoms with Crippen LogP contribution in [0.5, 0.6) is 5.75 Å². The molecule has 1 fully saturated rings. The normalized spacial score (nSPS) is 14.7. The molecule has 0 saturated carbocycles. The lowest BCUT2D eigenvalue weighted by Gasteiger charge is -2.33. The molecule has 1 aliphatic rings. The number of carbonyl (C=O) groups excluding carboxylic acids is 1. The molecule has 0 unspecified atom stereocenters. The van der Waals surface area contributed by atoms with Crippen molar-refractivity contribution in [2.75, 3.05) is 32.8 Å². The number of carbonyl (C=O) groups is 1. The lowest BCUT2D eigenvalue weighted by Crippen LogP contribution is -2.51. The van der Waals surface area contributed by atoms with Gasteiger partial charge in [0, 0.05) is 50.8 Å². The van der Waals surface area contributed by atoms with E-state index < -0.39 is 14.9 Å². The fourth-order valence-electron chi connectivity index (χ4n) is 3.44. The highest BCUT2D eigenvalue weighted by molar-refractivity contribution is 7.89. The summed E-state index contributed by atoms with van der Waals surface area (Å²) in [5.74, 6) is 1.13. The molecule has 0 atom stereocenters. The zero-order chi connectivity index (χ0) is 24.3. The smallest absolute Gasteiger partial charge is 0.270 e. The molecule has 1 aliphatic heterocycles. The molecule has 34 heavy (non-hydrogen) atoms. The van der Waals surface area contributed by atoms with E-state index in [-0.39, 0.29) is 49.3 Å².